The monoisotopic (exact) mass is 533 g/mol. The summed E-state index contributed by atoms with van der Waals surface area (Å²) in [6.45, 7) is 0.434. The van der Waals surface area contributed by atoms with Gasteiger partial charge in [-0.15, -0.1) is 0 Å². The lowest BCUT2D eigenvalue weighted by atomic mass is 10.2. The van der Waals surface area contributed by atoms with Crippen LogP contribution in [0.25, 0.3) is 5.69 Å². The summed E-state index contributed by atoms with van der Waals surface area (Å²) >= 11 is 5.81. The molecule has 12 heteroatoms. The van der Waals surface area contributed by atoms with Gasteiger partial charge in [-0.2, -0.15) is 0 Å². The van der Waals surface area contributed by atoms with Crippen molar-refractivity contribution >= 4 is 34.9 Å². The molecule has 192 valence electrons. The number of benzene rings is 1. The quantitative estimate of drug-likeness (QED) is 0.315. The number of hydrogen-bond donors (Lipinski definition) is 3. The number of anilines is 2. The van der Waals surface area contributed by atoms with E-state index in [2.05, 4.69) is 30.9 Å². The molecule has 2 amide bonds. The van der Waals surface area contributed by atoms with Gasteiger partial charge in [0.2, 0.25) is 0 Å². The highest BCUT2D eigenvalue weighted by atomic mass is 35.5. The Morgan fingerprint density at radius 3 is 2.39 bits per heavy atom. The van der Waals surface area contributed by atoms with Crippen molar-refractivity contribution in [3.05, 3.63) is 105 Å². The van der Waals surface area contributed by atoms with Gasteiger partial charge < -0.3 is 16.0 Å². The van der Waals surface area contributed by atoms with Crippen LogP contribution in [0.4, 0.5) is 15.9 Å². The largest absolute Gasteiger partial charge is 0.318 e. The lowest BCUT2D eigenvalue weighted by molar-refractivity contribution is 0.0982. The zero-order chi connectivity index (χ0) is 26.6. The fourth-order valence-electron chi connectivity index (χ4n) is 3.65. The van der Waals surface area contributed by atoms with Crippen molar-refractivity contribution in [3.8, 4) is 5.69 Å². The first kappa shape index (κ1) is 25.2. The molecule has 0 aliphatic heterocycles. The molecule has 5 rings (SSSR count). The maximum Gasteiger partial charge on any atom is 0.277 e. The number of amides is 2. The molecule has 0 radical (unpaired) electrons. The molecule has 0 atom stereocenters. The Balaban J connectivity index is 1.33. The molecule has 1 fully saturated rings. The predicted molar refractivity (Wildman–Crippen MR) is 139 cm³/mol. The number of nitrogens with zero attached hydrogens (tertiary/aromatic N) is 4. The Labute approximate surface area is 220 Å². The Bertz CT molecular complexity index is 1570. The van der Waals surface area contributed by atoms with Gasteiger partial charge in [0.25, 0.3) is 17.4 Å². The van der Waals surface area contributed by atoms with E-state index in [-0.39, 0.29) is 28.5 Å². The molecule has 38 heavy (non-hydrogen) atoms. The van der Waals surface area contributed by atoms with Crippen molar-refractivity contribution in [3.63, 3.8) is 0 Å². The molecule has 10 nitrogen and oxygen atoms in total. The van der Waals surface area contributed by atoms with Gasteiger partial charge in [-0.3, -0.25) is 19.0 Å². The second-order valence-corrected chi connectivity index (χ2v) is 8.99. The van der Waals surface area contributed by atoms with Crippen LogP contribution in [0.15, 0.2) is 72.0 Å². The lowest BCUT2D eigenvalue weighted by Gasteiger charge is -2.12. The maximum absolute atomic E-state index is 15.0. The fourth-order valence-corrected chi connectivity index (χ4v) is 3.76. The van der Waals surface area contributed by atoms with Gasteiger partial charge in [-0.1, -0.05) is 17.7 Å². The summed E-state index contributed by atoms with van der Waals surface area (Å²) in [6, 6.07) is 10.9. The average Bonchev–Trinajstić information content (AvgIpc) is 3.75. The highest BCUT2D eigenvalue weighted by Gasteiger charge is 2.22. The van der Waals surface area contributed by atoms with E-state index in [1.165, 1.54) is 47.4 Å². The number of carbonyl (C=O) groups is 2. The van der Waals surface area contributed by atoms with E-state index in [1.54, 1.807) is 18.3 Å². The third-order valence-electron chi connectivity index (χ3n) is 5.76. The topological polar surface area (TPSA) is 131 Å². The zero-order valence-corrected chi connectivity index (χ0v) is 20.6. The smallest absolute Gasteiger partial charge is 0.277 e. The number of hydrogen-bond acceptors (Lipinski definition) is 7. The van der Waals surface area contributed by atoms with E-state index in [1.807, 2.05) is 0 Å². The molecule has 1 aliphatic carbocycles. The van der Waals surface area contributed by atoms with E-state index in [4.69, 9.17) is 11.6 Å². The van der Waals surface area contributed by atoms with Crippen LogP contribution in [0.3, 0.4) is 0 Å². The summed E-state index contributed by atoms with van der Waals surface area (Å²) in [7, 11) is 0. The van der Waals surface area contributed by atoms with Crippen LogP contribution in [0.2, 0.25) is 5.02 Å². The molecule has 1 saturated carbocycles. The number of halogens is 2. The van der Waals surface area contributed by atoms with Crippen molar-refractivity contribution in [2.45, 2.75) is 25.4 Å². The maximum atomic E-state index is 15.0. The molecule has 3 N–H and O–H groups in total. The second-order valence-electron chi connectivity index (χ2n) is 8.55. The van der Waals surface area contributed by atoms with Crippen LogP contribution >= 0.6 is 11.6 Å². The summed E-state index contributed by atoms with van der Waals surface area (Å²) < 4.78 is 16.4. The van der Waals surface area contributed by atoms with Gasteiger partial charge in [0.1, 0.15) is 11.6 Å². The summed E-state index contributed by atoms with van der Waals surface area (Å²) in [5, 5.41) is 8.60. The highest BCUT2D eigenvalue weighted by Crippen LogP contribution is 2.21. The normalized spacial score (nSPS) is 12.7. The van der Waals surface area contributed by atoms with E-state index < -0.39 is 17.6 Å². The number of nitrogens with one attached hydrogen (secondary N) is 3. The Morgan fingerprint density at radius 1 is 1.00 bits per heavy atom. The van der Waals surface area contributed by atoms with Crippen LogP contribution in [0.5, 0.6) is 0 Å². The van der Waals surface area contributed by atoms with Gasteiger partial charge in [0, 0.05) is 49.0 Å². The van der Waals surface area contributed by atoms with Crippen molar-refractivity contribution < 1.29 is 14.0 Å². The molecule has 3 aromatic heterocycles. The molecular formula is C26H21ClFN7O3. The zero-order valence-electron chi connectivity index (χ0n) is 19.8. The summed E-state index contributed by atoms with van der Waals surface area (Å²) in [6.07, 6.45) is 7.59. The summed E-state index contributed by atoms with van der Waals surface area (Å²) in [5.41, 5.74) is -0.137. The van der Waals surface area contributed by atoms with Crippen LogP contribution in [0.1, 0.15) is 39.4 Å². The number of carbonyl (C=O) groups excluding carboxylic acids is 2. The second kappa shape index (κ2) is 10.9. The molecule has 1 aromatic carbocycles. The first-order chi connectivity index (χ1) is 18.4. The first-order valence-corrected chi connectivity index (χ1v) is 12.1. The fraction of sp³-hybridized carbons (Fsp3) is 0.154. The Kier molecular flexibility index (Phi) is 7.20. The number of pyridine rings is 2. The van der Waals surface area contributed by atoms with E-state index >= 15 is 4.39 Å². The third-order valence-corrected chi connectivity index (χ3v) is 5.98. The van der Waals surface area contributed by atoms with Gasteiger partial charge in [0.15, 0.2) is 11.4 Å². The van der Waals surface area contributed by atoms with E-state index in [0.717, 1.165) is 18.9 Å². The van der Waals surface area contributed by atoms with Crippen molar-refractivity contribution in [1.82, 2.24) is 24.8 Å². The van der Waals surface area contributed by atoms with Crippen molar-refractivity contribution in [2.24, 2.45) is 0 Å². The predicted octanol–water partition coefficient (Wildman–Crippen LogP) is 3.57. The molecule has 0 unspecified atom stereocenters. The van der Waals surface area contributed by atoms with Crippen LogP contribution in [-0.4, -0.2) is 37.4 Å². The van der Waals surface area contributed by atoms with E-state index in [9.17, 15) is 14.4 Å². The van der Waals surface area contributed by atoms with E-state index in [0.29, 0.717) is 28.9 Å². The minimum atomic E-state index is -0.843. The summed E-state index contributed by atoms with van der Waals surface area (Å²) in [5.74, 6) is -2.15. The third kappa shape index (κ3) is 5.74. The summed E-state index contributed by atoms with van der Waals surface area (Å²) in [4.78, 5) is 50.4. The molecule has 0 saturated heterocycles. The van der Waals surface area contributed by atoms with Crippen molar-refractivity contribution in [2.75, 3.05) is 10.6 Å². The number of aromatic nitrogens is 4. The molecule has 3 heterocycles. The SMILES string of the molecule is O=C(Nc1ccc(Cl)cn1)c1nccnc1C(=O)Nc1ccc(-n2cccc(CNC3CC3)c2=O)cc1F. The molecule has 1 aliphatic rings. The van der Waals surface area contributed by atoms with Crippen LogP contribution < -0.4 is 21.5 Å². The lowest BCUT2D eigenvalue weighted by Crippen LogP contribution is -2.26. The Hall–Kier alpha value is -4.48. The van der Waals surface area contributed by atoms with Crippen LogP contribution in [0, 0.1) is 5.82 Å². The minimum Gasteiger partial charge on any atom is -0.318 e. The van der Waals surface area contributed by atoms with Gasteiger partial charge in [-0.25, -0.2) is 19.3 Å². The highest BCUT2D eigenvalue weighted by molar-refractivity contribution is 6.30. The van der Waals surface area contributed by atoms with Gasteiger partial charge >= 0.3 is 0 Å². The van der Waals surface area contributed by atoms with Crippen molar-refractivity contribution in [1.29, 1.82) is 0 Å². The van der Waals surface area contributed by atoms with Crippen LogP contribution in [-0.2, 0) is 6.54 Å². The standard InChI is InChI=1S/C26H21ClFN7O3/c27-16-3-8-21(32-14-16)34-25(37)23-22(29-9-10-30-23)24(36)33-20-7-6-18(12-19(20)28)35-11-1-2-15(26(35)38)13-31-17-4-5-17/h1-3,6-12,14,17,31H,4-5,13H2,(H,33,36)(H,32,34,37). The molecular weight excluding hydrogens is 513 g/mol. The van der Waals surface area contributed by atoms with Gasteiger partial charge in [-0.05, 0) is 43.2 Å². The van der Waals surface area contributed by atoms with Gasteiger partial charge in [0.05, 0.1) is 16.4 Å². The minimum absolute atomic E-state index is 0.158. The molecule has 0 spiro atoms. The Morgan fingerprint density at radius 2 is 1.74 bits per heavy atom. The number of rotatable bonds is 8. The first-order valence-electron chi connectivity index (χ1n) is 11.7. The molecule has 0 bridgehead atoms. The molecule has 4 aromatic rings. The average molecular weight is 534 g/mol.